The number of likely N-dealkylation sites (tertiary alicyclic amines) is 1. The molecule has 0 amide bonds. The Morgan fingerprint density at radius 3 is 2.95 bits per heavy atom. The van der Waals surface area contributed by atoms with Crippen molar-refractivity contribution >= 4 is 34.6 Å². The summed E-state index contributed by atoms with van der Waals surface area (Å²) in [5, 5.41) is 3.92. The van der Waals surface area contributed by atoms with Crippen molar-refractivity contribution < 1.29 is 4.39 Å². The van der Waals surface area contributed by atoms with Crippen LogP contribution in [0, 0.1) is 5.82 Å². The van der Waals surface area contributed by atoms with Gasteiger partial charge >= 0.3 is 0 Å². The molecule has 0 aromatic heterocycles. The van der Waals surface area contributed by atoms with Crippen LogP contribution in [0.3, 0.4) is 0 Å². The Bertz CT molecular complexity index is 495. The fourth-order valence-electron chi connectivity index (χ4n) is 2.48. The first kappa shape index (κ1) is 15.5. The van der Waals surface area contributed by atoms with Gasteiger partial charge in [0.2, 0.25) is 0 Å². The smallest absolute Gasteiger partial charge is 0.173 e. The zero-order chi connectivity index (χ0) is 14.7. The first-order chi connectivity index (χ1) is 9.47. The van der Waals surface area contributed by atoms with Crippen molar-refractivity contribution in [3.63, 3.8) is 0 Å². The quantitative estimate of drug-likeness (QED) is 0.863. The summed E-state index contributed by atoms with van der Waals surface area (Å²) >= 11 is 11.2. The summed E-state index contributed by atoms with van der Waals surface area (Å²) in [7, 11) is 4.12. The highest BCUT2D eigenvalue weighted by Crippen LogP contribution is 2.22. The Balaban J connectivity index is 2.01. The lowest BCUT2D eigenvalue weighted by molar-refractivity contribution is 0.288. The molecular weight excluding hydrogens is 297 g/mol. The van der Waals surface area contributed by atoms with Crippen LogP contribution in [-0.2, 0) is 0 Å². The molecule has 1 unspecified atom stereocenters. The molecule has 20 heavy (non-hydrogen) atoms. The second-order valence-electron chi connectivity index (χ2n) is 5.31. The molecule has 0 saturated carbocycles. The largest absolute Gasteiger partial charge is 0.345 e. The summed E-state index contributed by atoms with van der Waals surface area (Å²) in [5.41, 5.74) is 0.719. The number of benzene rings is 1. The number of rotatable bonds is 3. The van der Waals surface area contributed by atoms with Crippen molar-refractivity contribution in [2.24, 2.45) is 0 Å². The summed E-state index contributed by atoms with van der Waals surface area (Å²) in [6, 6.07) is 4.97. The molecule has 1 atom stereocenters. The number of likely N-dealkylation sites (N-methyl/N-ethyl adjacent to an activating group) is 1. The van der Waals surface area contributed by atoms with E-state index in [1.54, 1.807) is 12.1 Å². The van der Waals surface area contributed by atoms with E-state index < -0.39 is 5.82 Å². The second-order valence-corrected chi connectivity index (χ2v) is 6.10. The van der Waals surface area contributed by atoms with Gasteiger partial charge in [-0.3, -0.25) is 0 Å². The molecule has 0 spiro atoms. The van der Waals surface area contributed by atoms with E-state index in [4.69, 9.17) is 23.8 Å². The van der Waals surface area contributed by atoms with Crippen LogP contribution in [-0.4, -0.2) is 48.1 Å². The van der Waals surface area contributed by atoms with Crippen LogP contribution < -0.4 is 5.32 Å². The molecule has 6 heteroatoms. The molecule has 1 saturated heterocycles. The number of nitrogens with zero attached hydrogens (tertiary/aromatic N) is 2. The zero-order valence-electron chi connectivity index (χ0n) is 11.7. The Morgan fingerprint density at radius 1 is 1.55 bits per heavy atom. The second kappa shape index (κ2) is 6.70. The van der Waals surface area contributed by atoms with Crippen LogP contribution in [0.2, 0.25) is 5.02 Å². The first-order valence-corrected chi connectivity index (χ1v) is 7.43. The molecule has 0 radical (unpaired) electrons. The van der Waals surface area contributed by atoms with Gasteiger partial charge in [-0.05, 0) is 57.4 Å². The van der Waals surface area contributed by atoms with Crippen molar-refractivity contribution in [1.82, 2.24) is 9.80 Å². The van der Waals surface area contributed by atoms with Gasteiger partial charge in [-0.2, -0.15) is 0 Å². The van der Waals surface area contributed by atoms with Crippen LogP contribution in [0.25, 0.3) is 0 Å². The summed E-state index contributed by atoms with van der Waals surface area (Å²) in [5.74, 6) is -0.421. The van der Waals surface area contributed by atoms with Crippen molar-refractivity contribution in [3.8, 4) is 0 Å². The van der Waals surface area contributed by atoms with Gasteiger partial charge in [0.1, 0.15) is 5.82 Å². The molecule has 110 valence electrons. The topological polar surface area (TPSA) is 18.5 Å². The van der Waals surface area contributed by atoms with Crippen molar-refractivity contribution in [2.45, 2.75) is 18.9 Å². The number of halogens is 2. The highest BCUT2D eigenvalue weighted by atomic mass is 35.5. The van der Waals surface area contributed by atoms with Crippen molar-refractivity contribution in [1.29, 1.82) is 0 Å². The van der Waals surface area contributed by atoms with Gasteiger partial charge in [0.15, 0.2) is 5.11 Å². The van der Waals surface area contributed by atoms with E-state index in [0.717, 1.165) is 31.6 Å². The lowest BCUT2D eigenvalue weighted by atomic mass is 10.2. The molecule has 3 nitrogen and oxygen atoms in total. The molecule has 1 heterocycles. The van der Waals surface area contributed by atoms with E-state index in [1.165, 1.54) is 6.07 Å². The minimum atomic E-state index is -0.421. The van der Waals surface area contributed by atoms with Gasteiger partial charge < -0.3 is 15.1 Å². The highest BCUT2D eigenvalue weighted by Gasteiger charge is 2.26. The van der Waals surface area contributed by atoms with Crippen LogP contribution in [0.4, 0.5) is 10.1 Å². The third kappa shape index (κ3) is 3.81. The van der Waals surface area contributed by atoms with Gasteiger partial charge in [0.25, 0.3) is 0 Å². The molecule has 1 aliphatic rings. The van der Waals surface area contributed by atoms with Gasteiger partial charge in [-0.1, -0.05) is 11.6 Å². The average Bonchev–Trinajstić information content (AvgIpc) is 2.81. The molecule has 0 aliphatic carbocycles. The third-order valence-corrected chi connectivity index (χ3v) is 4.01. The lowest BCUT2D eigenvalue weighted by Crippen LogP contribution is -2.43. The molecule has 1 N–H and O–H groups in total. The molecule has 1 fully saturated rings. The van der Waals surface area contributed by atoms with Crippen LogP contribution >= 0.6 is 23.8 Å². The van der Waals surface area contributed by atoms with Crippen molar-refractivity contribution in [3.05, 3.63) is 29.0 Å². The Labute approximate surface area is 129 Å². The highest BCUT2D eigenvalue weighted by molar-refractivity contribution is 7.80. The molecule has 1 aromatic carbocycles. The van der Waals surface area contributed by atoms with Gasteiger partial charge in [-0.25, -0.2) is 4.39 Å². The maximum absolute atomic E-state index is 13.1. The maximum atomic E-state index is 13.1. The third-order valence-electron chi connectivity index (χ3n) is 3.38. The molecular formula is C14H19ClFN3S. The van der Waals surface area contributed by atoms with E-state index in [0.29, 0.717) is 11.2 Å². The number of nitrogens with one attached hydrogen (secondary N) is 1. The standard InChI is InChI=1S/C14H19ClFN3S/c1-18(2)9-11-4-3-7-19(11)14(20)17-10-5-6-13(16)12(15)8-10/h5-6,8,11H,3-4,7,9H2,1-2H3,(H,17,20). The Morgan fingerprint density at radius 2 is 2.30 bits per heavy atom. The van der Waals surface area contributed by atoms with E-state index in [-0.39, 0.29) is 5.02 Å². The SMILES string of the molecule is CN(C)CC1CCCN1C(=S)Nc1ccc(F)c(Cl)c1. The molecule has 1 aromatic rings. The van der Waals surface area contributed by atoms with Gasteiger partial charge in [0.05, 0.1) is 5.02 Å². The monoisotopic (exact) mass is 315 g/mol. The predicted molar refractivity (Wildman–Crippen MR) is 85.9 cm³/mol. The fraction of sp³-hybridized carbons (Fsp3) is 0.500. The Kier molecular flexibility index (Phi) is 5.18. The maximum Gasteiger partial charge on any atom is 0.173 e. The van der Waals surface area contributed by atoms with Gasteiger partial charge in [0, 0.05) is 24.8 Å². The van der Waals surface area contributed by atoms with E-state index in [9.17, 15) is 4.39 Å². The summed E-state index contributed by atoms with van der Waals surface area (Å²) in [6.07, 6.45) is 2.29. The number of hydrogen-bond acceptors (Lipinski definition) is 2. The average molecular weight is 316 g/mol. The molecule has 1 aliphatic heterocycles. The Hall–Kier alpha value is -0.910. The van der Waals surface area contributed by atoms with E-state index >= 15 is 0 Å². The van der Waals surface area contributed by atoms with Gasteiger partial charge in [-0.15, -0.1) is 0 Å². The lowest BCUT2D eigenvalue weighted by Gasteiger charge is -2.29. The zero-order valence-corrected chi connectivity index (χ0v) is 13.3. The number of anilines is 1. The minimum Gasteiger partial charge on any atom is -0.345 e. The minimum absolute atomic E-state index is 0.101. The summed E-state index contributed by atoms with van der Waals surface area (Å²) in [6.45, 7) is 1.94. The fourth-order valence-corrected chi connectivity index (χ4v) is 3.02. The van der Waals surface area contributed by atoms with Crippen LogP contribution in [0.15, 0.2) is 18.2 Å². The van der Waals surface area contributed by atoms with Crippen LogP contribution in [0.5, 0.6) is 0 Å². The molecule has 0 bridgehead atoms. The summed E-state index contributed by atoms with van der Waals surface area (Å²) in [4.78, 5) is 4.37. The van der Waals surface area contributed by atoms with E-state index in [2.05, 4.69) is 29.2 Å². The van der Waals surface area contributed by atoms with Crippen molar-refractivity contribution in [2.75, 3.05) is 32.5 Å². The molecule has 2 rings (SSSR count). The summed E-state index contributed by atoms with van der Waals surface area (Å²) < 4.78 is 13.1. The number of hydrogen-bond donors (Lipinski definition) is 1. The number of thiocarbonyl (C=S) groups is 1. The van der Waals surface area contributed by atoms with E-state index in [1.807, 2.05) is 0 Å². The van der Waals surface area contributed by atoms with Crippen LogP contribution in [0.1, 0.15) is 12.8 Å². The first-order valence-electron chi connectivity index (χ1n) is 6.65. The predicted octanol–water partition coefficient (Wildman–Crippen LogP) is 3.20. The normalized spacial score (nSPS) is 18.6.